The van der Waals surface area contributed by atoms with Crippen molar-refractivity contribution in [1.82, 2.24) is 4.90 Å². The topological polar surface area (TPSA) is 98.1 Å². The fourth-order valence-electron chi connectivity index (χ4n) is 2.11. The van der Waals surface area contributed by atoms with E-state index in [1.807, 2.05) is 0 Å². The van der Waals surface area contributed by atoms with Crippen molar-refractivity contribution in [3.8, 4) is 5.75 Å². The van der Waals surface area contributed by atoms with Gasteiger partial charge in [-0.25, -0.2) is 9.18 Å². The van der Waals surface area contributed by atoms with Crippen LogP contribution >= 0.6 is 0 Å². The molecule has 19 heavy (non-hydrogen) atoms. The van der Waals surface area contributed by atoms with Crippen LogP contribution in [0.15, 0.2) is 18.2 Å². The average molecular weight is 269 g/mol. The maximum Gasteiger partial charge on any atom is 0.326 e. The fourth-order valence-corrected chi connectivity index (χ4v) is 2.11. The van der Waals surface area contributed by atoms with Crippen LogP contribution in [0, 0.1) is 5.82 Å². The molecule has 2 rings (SSSR count). The smallest absolute Gasteiger partial charge is 0.326 e. The highest BCUT2D eigenvalue weighted by Gasteiger charge is 2.39. The second-order valence-corrected chi connectivity index (χ2v) is 4.36. The average Bonchev–Trinajstić information content (AvgIpc) is 2.70. The Balaban J connectivity index is 2.30. The number of phenolic OH excluding ortho intramolecular Hbond substituents is 1. The summed E-state index contributed by atoms with van der Waals surface area (Å²) in [4.78, 5) is 24.1. The van der Waals surface area contributed by atoms with Gasteiger partial charge in [-0.05, 0) is 12.1 Å². The summed E-state index contributed by atoms with van der Waals surface area (Å²) in [6.45, 7) is -0.132. The van der Waals surface area contributed by atoms with Crippen molar-refractivity contribution in [2.24, 2.45) is 0 Å². The molecule has 1 aliphatic heterocycles. The van der Waals surface area contributed by atoms with E-state index < -0.39 is 35.6 Å². The van der Waals surface area contributed by atoms with E-state index >= 15 is 0 Å². The number of aliphatic hydroxyl groups is 1. The molecule has 0 spiro atoms. The van der Waals surface area contributed by atoms with E-state index in [0.717, 1.165) is 23.1 Å². The van der Waals surface area contributed by atoms with Crippen molar-refractivity contribution in [3.05, 3.63) is 29.6 Å². The number of aliphatic carboxylic acids is 1. The van der Waals surface area contributed by atoms with E-state index in [0.29, 0.717) is 0 Å². The molecule has 0 aliphatic carbocycles. The SMILES string of the molecule is O=C(O)[C@@H]1C[C@H](O)CN1C(=O)c1ccc(F)cc1O. The van der Waals surface area contributed by atoms with Crippen LogP contribution in [0.3, 0.4) is 0 Å². The molecule has 0 radical (unpaired) electrons. The first-order chi connectivity index (χ1) is 8.90. The number of carboxylic acids is 1. The van der Waals surface area contributed by atoms with Gasteiger partial charge < -0.3 is 20.2 Å². The molecule has 7 heteroatoms. The minimum absolute atomic E-state index is 0.0664. The van der Waals surface area contributed by atoms with Crippen molar-refractivity contribution in [2.45, 2.75) is 18.6 Å². The molecule has 1 fully saturated rings. The van der Waals surface area contributed by atoms with E-state index in [1.54, 1.807) is 0 Å². The number of carbonyl (C=O) groups is 2. The number of hydrogen-bond donors (Lipinski definition) is 3. The third-order valence-electron chi connectivity index (χ3n) is 3.02. The Morgan fingerprint density at radius 2 is 2.05 bits per heavy atom. The summed E-state index contributed by atoms with van der Waals surface area (Å²) in [6.07, 6.45) is -0.990. The number of halogens is 1. The van der Waals surface area contributed by atoms with E-state index in [1.165, 1.54) is 0 Å². The number of benzene rings is 1. The first-order valence-electron chi connectivity index (χ1n) is 5.60. The summed E-state index contributed by atoms with van der Waals surface area (Å²) in [5.74, 6) is -3.24. The molecular weight excluding hydrogens is 257 g/mol. The van der Waals surface area contributed by atoms with Gasteiger partial charge in [-0.3, -0.25) is 4.79 Å². The molecule has 3 N–H and O–H groups in total. The number of rotatable bonds is 2. The minimum atomic E-state index is -1.23. The van der Waals surface area contributed by atoms with Crippen LogP contribution in [0.2, 0.25) is 0 Å². The minimum Gasteiger partial charge on any atom is -0.507 e. The van der Waals surface area contributed by atoms with Gasteiger partial charge in [0.05, 0.1) is 11.7 Å². The Hall–Kier alpha value is -2.15. The summed E-state index contributed by atoms with van der Waals surface area (Å²) in [6, 6.07) is 1.70. The van der Waals surface area contributed by atoms with Gasteiger partial charge in [-0.1, -0.05) is 0 Å². The normalized spacial score (nSPS) is 22.5. The first-order valence-corrected chi connectivity index (χ1v) is 5.60. The van der Waals surface area contributed by atoms with Gasteiger partial charge >= 0.3 is 5.97 Å². The number of aromatic hydroxyl groups is 1. The Morgan fingerprint density at radius 3 is 2.63 bits per heavy atom. The molecule has 0 saturated carbocycles. The summed E-state index contributed by atoms with van der Waals surface area (Å²) >= 11 is 0. The van der Waals surface area contributed by atoms with Crippen LogP contribution < -0.4 is 0 Å². The van der Waals surface area contributed by atoms with E-state index in [2.05, 4.69) is 0 Å². The lowest BCUT2D eigenvalue weighted by Crippen LogP contribution is -2.40. The number of hydrogen-bond acceptors (Lipinski definition) is 4. The molecule has 0 bridgehead atoms. The summed E-state index contributed by atoms with van der Waals surface area (Å²) in [5.41, 5.74) is -0.193. The quantitative estimate of drug-likeness (QED) is 0.712. The second-order valence-electron chi connectivity index (χ2n) is 4.36. The van der Waals surface area contributed by atoms with Crippen LogP contribution in [-0.2, 0) is 4.79 Å². The third-order valence-corrected chi connectivity index (χ3v) is 3.02. The molecule has 6 nitrogen and oxygen atoms in total. The summed E-state index contributed by atoms with van der Waals surface area (Å²) in [7, 11) is 0. The molecule has 102 valence electrons. The highest BCUT2D eigenvalue weighted by atomic mass is 19.1. The van der Waals surface area contributed by atoms with Gasteiger partial charge in [-0.15, -0.1) is 0 Å². The molecule has 1 aromatic rings. The zero-order valence-electron chi connectivity index (χ0n) is 9.78. The number of carbonyl (C=O) groups excluding carboxylic acids is 1. The Morgan fingerprint density at radius 1 is 1.37 bits per heavy atom. The van der Waals surface area contributed by atoms with Crippen LogP contribution in [0.4, 0.5) is 4.39 Å². The lowest BCUT2D eigenvalue weighted by Gasteiger charge is -2.21. The molecular formula is C12H12FNO5. The molecule has 1 saturated heterocycles. The number of carboxylic acid groups (broad SMARTS) is 1. The number of phenols is 1. The summed E-state index contributed by atoms with van der Waals surface area (Å²) < 4.78 is 12.8. The highest BCUT2D eigenvalue weighted by molar-refractivity contribution is 5.99. The van der Waals surface area contributed by atoms with Crippen molar-refractivity contribution in [3.63, 3.8) is 0 Å². The zero-order valence-corrected chi connectivity index (χ0v) is 9.78. The fraction of sp³-hybridized carbons (Fsp3) is 0.333. The number of likely N-dealkylation sites (tertiary alicyclic amines) is 1. The van der Waals surface area contributed by atoms with Gasteiger partial charge in [0.15, 0.2) is 0 Å². The largest absolute Gasteiger partial charge is 0.507 e. The molecule has 1 aromatic carbocycles. The second kappa shape index (κ2) is 4.85. The molecule has 2 atom stereocenters. The van der Waals surface area contributed by atoms with Crippen LogP contribution in [0.5, 0.6) is 5.75 Å². The monoisotopic (exact) mass is 269 g/mol. The first kappa shape index (κ1) is 13.3. The van der Waals surface area contributed by atoms with Crippen molar-refractivity contribution in [2.75, 3.05) is 6.54 Å². The van der Waals surface area contributed by atoms with Gasteiger partial charge in [-0.2, -0.15) is 0 Å². The van der Waals surface area contributed by atoms with Crippen molar-refractivity contribution < 1.29 is 29.3 Å². The maximum atomic E-state index is 12.8. The molecule has 1 heterocycles. The standard InChI is InChI=1S/C12H12FNO5/c13-6-1-2-8(10(16)3-6)11(17)14-5-7(15)4-9(14)12(18)19/h1-3,7,9,15-16H,4-5H2,(H,18,19)/t7-,9-/m0/s1. The van der Waals surface area contributed by atoms with Crippen LogP contribution in [-0.4, -0.2) is 50.8 Å². The van der Waals surface area contributed by atoms with Gasteiger partial charge in [0, 0.05) is 19.0 Å². The predicted octanol–water partition coefficient (Wildman–Crippen LogP) is 0.191. The van der Waals surface area contributed by atoms with E-state index in [9.17, 15) is 24.2 Å². The number of nitrogens with zero attached hydrogens (tertiary/aromatic N) is 1. The van der Waals surface area contributed by atoms with Crippen molar-refractivity contribution in [1.29, 1.82) is 0 Å². The van der Waals surface area contributed by atoms with Gasteiger partial charge in [0.25, 0.3) is 5.91 Å². The van der Waals surface area contributed by atoms with Gasteiger partial charge in [0.2, 0.25) is 0 Å². The van der Waals surface area contributed by atoms with Crippen molar-refractivity contribution >= 4 is 11.9 Å². The Labute approximate surface area is 107 Å². The highest BCUT2D eigenvalue weighted by Crippen LogP contribution is 2.25. The third kappa shape index (κ3) is 2.50. The lowest BCUT2D eigenvalue weighted by molar-refractivity contribution is -0.141. The molecule has 0 unspecified atom stereocenters. The predicted molar refractivity (Wildman–Crippen MR) is 61.1 cm³/mol. The van der Waals surface area contributed by atoms with Crippen LogP contribution in [0.1, 0.15) is 16.8 Å². The lowest BCUT2D eigenvalue weighted by atomic mass is 10.1. The van der Waals surface area contributed by atoms with Gasteiger partial charge in [0.1, 0.15) is 17.6 Å². The van der Waals surface area contributed by atoms with E-state index in [-0.39, 0.29) is 18.5 Å². The summed E-state index contributed by atoms with van der Waals surface area (Å²) in [5, 5.41) is 27.9. The number of amides is 1. The molecule has 1 aliphatic rings. The number of β-amino-alcohol motifs (C(OH)–C–C–N with tert-alkyl or cyclic N) is 1. The van der Waals surface area contributed by atoms with E-state index in [4.69, 9.17) is 5.11 Å². The molecule has 0 aromatic heterocycles. The number of aliphatic hydroxyl groups excluding tert-OH is 1. The van der Waals surface area contributed by atoms with Crippen LogP contribution in [0.25, 0.3) is 0 Å². The maximum absolute atomic E-state index is 12.8. The zero-order chi connectivity index (χ0) is 14.2. The Kier molecular flexibility index (Phi) is 3.39. The molecule has 1 amide bonds. The Bertz CT molecular complexity index is 533.